The van der Waals surface area contributed by atoms with E-state index in [1.807, 2.05) is 65.5 Å². The summed E-state index contributed by atoms with van der Waals surface area (Å²) in [5.74, 6) is -1.02. The minimum absolute atomic E-state index is 0.0879. The Kier molecular flexibility index (Phi) is 7.07. The Morgan fingerprint density at radius 3 is 2.70 bits per heavy atom. The largest absolute Gasteiger partial charge is 0.479 e. The van der Waals surface area contributed by atoms with Crippen molar-refractivity contribution in [3.8, 4) is 11.3 Å². The third-order valence-corrected chi connectivity index (χ3v) is 5.39. The highest BCUT2D eigenvalue weighted by Crippen LogP contribution is 2.27. The summed E-state index contributed by atoms with van der Waals surface area (Å²) in [6, 6.07) is 17.6. The quantitative estimate of drug-likeness (QED) is 0.434. The van der Waals surface area contributed by atoms with Crippen molar-refractivity contribution in [2.24, 2.45) is 0 Å². The zero-order valence-corrected chi connectivity index (χ0v) is 18.6. The molecule has 8 heteroatoms. The highest BCUT2D eigenvalue weighted by Gasteiger charge is 2.28. The van der Waals surface area contributed by atoms with Crippen LogP contribution in [0.3, 0.4) is 0 Å². The molecular weight excluding hydrogens is 422 g/mol. The third kappa shape index (κ3) is 5.36. The van der Waals surface area contributed by atoms with Gasteiger partial charge in [0.2, 0.25) is 0 Å². The maximum Gasteiger partial charge on any atom is 0.335 e. The number of aliphatic carboxylic acids is 1. The number of carboxylic acid groups (broad SMARTS) is 1. The van der Waals surface area contributed by atoms with Gasteiger partial charge < -0.3 is 14.6 Å². The average Bonchev–Trinajstić information content (AvgIpc) is 3.11. The number of benzene rings is 2. The maximum absolute atomic E-state index is 11.3. The lowest BCUT2D eigenvalue weighted by Gasteiger charge is -2.19. The minimum atomic E-state index is -1.30. The molecule has 0 saturated carbocycles. The van der Waals surface area contributed by atoms with E-state index in [2.05, 4.69) is 9.82 Å². The fraction of sp³-hybridized carbons (Fsp3) is 0.273. The number of anilines is 1. The van der Waals surface area contributed by atoms with Crippen LogP contribution >= 0.6 is 23.5 Å². The number of nitrogens with zero attached hydrogens (tertiary/aromatic N) is 2. The van der Waals surface area contributed by atoms with Gasteiger partial charge in [0.15, 0.2) is 5.60 Å². The summed E-state index contributed by atoms with van der Waals surface area (Å²) in [7, 11) is 0. The molecule has 0 unspecified atom stereocenters. The molecule has 6 nitrogen and oxygen atoms in total. The minimum Gasteiger partial charge on any atom is -0.479 e. The molecule has 0 saturated heterocycles. The van der Waals surface area contributed by atoms with Crippen molar-refractivity contribution >= 4 is 35.2 Å². The van der Waals surface area contributed by atoms with E-state index in [1.54, 1.807) is 0 Å². The van der Waals surface area contributed by atoms with Crippen molar-refractivity contribution < 1.29 is 14.6 Å². The number of nitrogens with one attached hydrogen (secondary N) is 1. The van der Waals surface area contributed by atoms with Gasteiger partial charge >= 0.3 is 5.97 Å². The number of aromatic nitrogens is 2. The van der Waals surface area contributed by atoms with Crippen molar-refractivity contribution in [2.75, 3.05) is 11.0 Å². The molecule has 1 heterocycles. The van der Waals surface area contributed by atoms with Crippen molar-refractivity contribution in [3.63, 3.8) is 0 Å². The summed E-state index contributed by atoms with van der Waals surface area (Å²) < 4.78 is 10.7. The maximum atomic E-state index is 11.3. The van der Waals surface area contributed by atoms with Crippen LogP contribution in [0.4, 0.5) is 5.69 Å². The highest BCUT2D eigenvalue weighted by molar-refractivity contribution is 7.99. The number of carboxylic acids is 1. The number of hydrogen-bond acceptors (Lipinski definition) is 5. The molecule has 2 N–H and O–H groups in total. The fourth-order valence-electron chi connectivity index (χ4n) is 2.86. The van der Waals surface area contributed by atoms with Gasteiger partial charge in [-0.2, -0.15) is 5.10 Å². The Balaban J connectivity index is 1.96. The second-order valence-electron chi connectivity index (χ2n) is 7.26. The van der Waals surface area contributed by atoms with Gasteiger partial charge in [-0.3, -0.25) is 4.68 Å². The van der Waals surface area contributed by atoms with Gasteiger partial charge in [-0.25, -0.2) is 4.79 Å². The van der Waals surface area contributed by atoms with E-state index >= 15 is 0 Å². The molecule has 3 rings (SSSR count). The molecule has 2 aromatic carbocycles. The van der Waals surface area contributed by atoms with Crippen molar-refractivity contribution in [2.45, 2.75) is 32.6 Å². The first-order valence-corrected chi connectivity index (χ1v) is 11.0. The second kappa shape index (κ2) is 9.55. The number of hydrogen-bond donors (Lipinski definition) is 2. The van der Waals surface area contributed by atoms with E-state index in [4.69, 9.17) is 16.3 Å². The van der Waals surface area contributed by atoms with E-state index in [1.165, 1.54) is 25.8 Å². The SMILES string of the molecule is CSNc1cccc(-c2cc(COC(C)(C)C(=O)O)nn2Cc2ccccc2Cl)c1. The van der Waals surface area contributed by atoms with Crippen molar-refractivity contribution in [1.82, 2.24) is 9.78 Å². The zero-order valence-electron chi connectivity index (χ0n) is 17.1. The van der Waals surface area contributed by atoms with Gasteiger partial charge in [-0.1, -0.05) is 53.9 Å². The number of carbonyl (C=O) groups is 1. The highest BCUT2D eigenvalue weighted by atomic mass is 35.5. The van der Waals surface area contributed by atoms with Crippen LogP contribution in [0.5, 0.6) is 0 Å². The summed E-state index contributed by atoms with van der Waals surface area (Å²) in [5, 5.41) is 14.6. The number of halogens is 1. The Labute approximate surface area is 185 Å². The summed E-state index contributed by atoms with van der Waals surface area (Å²) in [5.41, 5.74) is 3.16. The number of rotatable bonds is 9. The van der Waals surface area contributed by atoms with Crippen LogP contribution in [-0.4, -0.2) is 32.7 Å². The second-order valence-corrected chi connectivity index (χ2v) is 8.28. The van der Waals surface area contributed by atoms with Crippen LogP contribution in [0.2, 0.25) is 5.02 Å². The van der Waals surface area contributed by atoms with Gasteiger partial charge in [-0.15, -0.1) is 0 Å². The molecule has 0 bridgehead atoms. The molecule has 0 aliphatic heterocycles. The Bertz CT molecular complexity index is 1040. The molecule has 0 spiro atoms. The average molecular weight is 446 g/mol. The molecule has 158 valence electrons. The summed E-state index contributed by atoms with van der Waals surface area (Å²) >= 11 is 7.88. The lowest BCUT2D eigenvalue weighted by atomic mass is 10.1. The van der Waals surface area contributed by atoms with Crippen molar-refractivity contribution in [1.29, 1.82) is 0 Å². The first kappa shape index (κ1) is 22.2. The molecule has 0 atom stereocenters. The van der Waals surface area contributed by atoms with Crippen LogP contribution in [0.25, 0.3) is 11.3 Å². The van der Waals surface area contributed by atoms with E-state index in [0.717, 1.165) is 22.5 Å². The lowest BCUT2D eigenvalue weighted by molar-refractivity contribution is -0.162. The molecule has 0 radical (unpaired) electrons. The summed E-state index contributed by atoms with van der Waals surface area (Å²) in [6.45, 7) is 3.62. The van der Waals surface area contributed by atoms with E-state index in [-0.39, 0.29) is 6.61 Å². The first-order valence-electron chi connectivity index (χ1n) is 9.37. The van der Waals surface area contributed by atoms with E-state index in [9.17, 15) is 9.90 Å². The fourth-order valence-corrected chi connectivity index (χ4v) is 3.42. The van der Waals surface area contributed by atoms with Gasteiger partial charge in [0, 0.05) is 22.5 Å². The smallest absolute Gasteiger partial charge is 0.335 e. The molecule has 0 fully saturated rings. The standard InChI is InChI=1S/C22H24ClN3O3S/c1-22(2,21(27)28)29-14-18-12-20(15-8-6-9-17(11-15)25-30-3)26(24-18)13-16-7-4-5-10-19(16)23/h4-12,25H,13-14H2,1-3H3,(H,27,28). The van der Waals surface area contributed by atoms with Crippen molar-refractivity contribution in [3.05, 3.63) is 70.9 Å². The molecule has 3 aromatic rings. The van der Waals surface area contributed by atoms with Gasteiger partial charge in [0.1, 0.15) is 0 Å². The Hall–Kier alpha value is -2.48. The summed E-state index contributed by atoms with van der Waals surface area (Å²) in [6.07, 6.45) is 1.97. The predicted octanol–water partition coefficient (Wildman–Crippen LogP) is 5.32. The monoisotopic (exact) mass is 445 g/mol. The molecule has 1 aromatic heterocycles. The topological polar surface area (TPSA) is 76.4 Å². The zero-order chi connectivity index (χ0) is 21.7. The van der Waals surface area contributed by atoms with Crippen LogP contribution in [-0.2, 0) is 22.7 Å². The predicted molar refractivity (Wildman–Crippen MR) is 122 cm³/mol. The van der Waals surface area contributed by atoms with Crippen LogP contribution < -0.4 is 4.72 Å². The molecular formula is C22H24ClN3O3S. The van der Waals surface area contributed by atoms with Gasteiger partial charge in [0.05, 0.1) is 24.5 Å². The van der Waals surface area contributed by atoms with Gasteiger partial charge in [0.25, 0.3) is 0 Å². The molecule has 0 amide bonds. The van der Waals surface area contributed by atoms with E-state index < -0.39 is 11.6 Å². The van der Waals surface area contributed by atoms with E-state index in [0.29, 0.717) is 17.3 Å². The van der Waals surface area contributed by atoms with Gasteiger partial charge in [-0.05, 0) is 43.7 Å². The third-order valence-electron chi connectivity index (χ3n) is 4.58. The molecule has 0 aliphatic rings. The molecule has 0 aliphatic carbocycles. The van der Waals surface area contributed by atoms with Crippen LogP contribution in [0.1, 0.15) is 25.1 Å². The Morgan fingerprint density at radius 2 is 2.00 bits per heavy atom. The Morgan fingerprint density at radius 1 is 1.23 bits per heavy atom. The molecule has 30 heavy (non-hydrogen) atoms. The van der Waals surface area contributed by atoms with Crippen LogP contribution in [0.15, 0.2) is 54.6 Å². The van der Waals surface area contributed by atoms with Crippen LogP contribution in [0, 0.1) is 0 Å². The first-order chi connectivity index (χ1) is 14.3. The normalized spacial score (nSPS) is 11.5. The lowest BCUT2D eigenvalue weighted by Crippen LogP contribution is -2.34. The number of ether oxygens (including phenoxy) is 1. The summed E-state index contributed by atoms with van der Waals surface area (Å²) in [4.78, 5) is 11.3.